The van der Waals surface area contributed by atoms with Crippen molar-refractivity contribution in [2.45, 2.75) is 38.1 Å². The first-order valence-corrected chi connectivity index (χ1v) is 8.28. The van der Waals surface area contributed by atoms with Gasteiger partial charge in [-0.2, -0.15) is 11.8 Å². The second kappa shape index (κ2) is 5.85. The van der Waals surface area contributed by atoms with Crippen LogP contribution in [-0.4, -0.2) is 23.6 Å². The van der Waals surface area contributed by atoms with E-state index < -0.39 is 0 Å². The molecule has 1 saturated heterocycles. The summed E-state index contributed by atoms with van der Waals surface area (Å²) < 4.78 is 1.16. The van der Waals surface area contributed by atoms with Crippen molar-refractivity contribution in [3.63, 3.8) is 0 Å². The van der Waals surface area contributed by atoms with E-state index in [9.17, 15) is 0 Å². The van der Waals surface area contributed by atoms with E-state index in [0.717, 1.165) is 11.0 Å². The lowest BCUT2D eigenvalue weighted by molar-refractivity contribution is 0.626. The van der Waals surface area contributed by atoms with Crippen molar-refractivity contribution >= 4 is 33.4 Å². The van der Waals surface area contributed by atoms with Crippen LogP contribution in [0.2, 0.25) is 0 Å². The van der Waals surface area contributed by atoms with E-state index in [2.05, 4.69) is 64.6 Å². The van der Waals surface area contributed by atoms with Crippen molar-refractivity contribution in [3.05, 3.63) is 28.2 Å². The highest BCUT2D eigenvalue weighted by Gasteiger charge is 2.26. The fourth-order valence-corrected chi connectivity index (χ4v) is 4.04. The van der Waals surface area contributed by atoms with Crippen LogP contribution in [0.5, 0.6) is 0 Å². The summed E-state index contributed by atoms with van der Waals surface area (Å²) >= 11 is 5.76. The summed E-state index contributed by atoms with van der Waals surface area (Å²) in [7, 11) is 0. The highest BCUT2D eigenvalue weighted by molar-refractivity contribution is 9.10. The minimum atomic E-state index is 0.0867. The molecule has 18 heavy (non-hydrogen) atoms. The van der Waals surface area contributed by atoms with Gasteiger partial charge in [0.15, 0.2) is 0 Å². The summed E-state index contributed by atoms with van der Waals surface area (Å²) in [6, 6.07) is 7.15. The maximum atomic E-state index is 5.92. The molecule has 2 nitrogen and oxygen atoms in total. The number of halogens is 1. The van der Waals surface area contributed by atoms with Crippen LogP contribution in [0.15, 0.2) is 22.7 Å². The molecular formula is C14H21BrN2S. The molecule has 2 N–H and O–H groups in total. The fourth-order valence-electron chi connectivity index (χ4n) is 2.31. The zero-order chi connectivity index (χ0) is 13.3. The summed E-state index contributed by atoms with van der Waals surface area (Å²) in [5, 5.41) is 0.679. The molecule has 1 aliphatic heterocycles. The van der Waals surface area contributed by atoms with Crippen molar-refractivity contribution < 1.29 is 0 Å². The molecule has 1 aromatic carbocycles. The van der Waals surface area contributed by atoms with E-state index in [-0.39, 0.29) is 6.04 Å². The van der Waals surface area contributed by atoms with Gasteiger partial charge >= 0.3 is 0 Å². The average Bonchev–Trinajstić information content (AvgIpc) is 2.33. The van der Waals surface area contributed by atoms with Crippen molar-refractivity contribution in [3.8, 4) is 0 Å². The lowest BCUT2D eigenvalue weighted by atomic mass is 10.1. The predicted octanol–water partition coefficient (Wildman–Crippen LogP) is 3.80. The molecule has 1 fully saturated rings. The Morgan fingerprint density at radius 1 is 1.44 bits per heavy atom. The van der Waals surface area contributed by atoms with Gasteiger partial charge in [0.25, 0.3) is 0 Å². The Morgan fingerprint density at radius 3 is 2.78 bits per heavy atom. The minimum absolute atomic E-state index is 0.0867. The third-order valence-corrected chi connectivity index (χ3v) is 5.66. The molecule has 1 heterocycles. The number of anilines is 1. The second-order valence-electron chi connectivity index (χ2n) is 5.01. The van der Waals surface area contributed by atoms with Gasteiger partial charge in [-0.25, -0.2) is 0 Å². The molecule has 2 unspecified atom stereocenters. The Hall–Kier alpha value is -0.190. The predicted molar refractivity (Wildman–Crippen MR) is 85.5 cm³/mol. The third kappa shape index (κ3) is 2.86. The monoisotopic (exact) mass is 328 g/mol. The molecule has 1 aromatic rings. The highest BCUT2D eigenvalue weighted by atomic mass is 79.9. The van der Waals surface area contributed by atoms with Crippen LogP contribution in [0, 0.1) is 0 Å². The number of hydrogen-bond donors (Lipinski definition) is 1. The molecule has 3 atom stereocenters. The van der Waals surface area contributed by atoms with Crippen LogP contribution >= 0.6 is 27.7 Å². The summed E-state index contributed by atoms with van der Waals surface area (Å²) in [6.07, 6.45) is 0. The van der Waals surface area contributed by atoms with Crippen LogP contribution in [0.1, 0.15) is 32.4 Å². The molecule has 1 aliphatic rings. The Morgan fingerprint density at radius 2 is 2.17 bits per heavy atom. The first kappa shape index (κ1) is 14.2. The van der Waals surface area contributed by atoms with E-state index >= 15 is 0 Å². The maximum absolute atomic E-state index is 5.92. The molecule has 0 amide bonds. The van der Waals surface area contributed by atoms with Crippen LogP contribution < -0.4 is 10.6 Å². The molecule has 0 aromatic heterocycles. The van der Waals surface area contributed by atoms with Gasteiger partial charge in [0.05, 0.1) is 5.69 Å². The van der Waals surface area contributed by atoms with Gasteiger partial charge in [-0.1, -0.05) is 13.0 Å². The number of benzene rings is 1. The van der Waals surface area contributed by atoms with Gasteiger partial charge in [-0.3, -0.25) is 0 Å². The van der Waals surface area contributed by atoms with Crippen molar-refractivity contribution in [2.75, 3.05) is 17.2 Å². The normalized spacial score (nSPS) is 26.2. The van der Waals surface area contributed by atoms with Gasteiger partial charge in [0, 0.05) is 34.1 Å². The van der Waals surface area contributed by atoms with E-state index in [1.54, 1.807) is 0 Å². The molecule has 0 radical (unpaired) electrons. The number of rotatable bonds is 2. The summed E-state index contributed by atoms with van der Waals surface area (Å²) in [5.74, 6) is 1.20. The van der Waals surface area contributed by atoms with E-state index in [0.29, 0.717) is 11.3 Å². The highest BCUT2D eigenvalue weighted by Crippen LogP contribution is 2.34. The molecule has 0 aliphatic carbocycles. The number of thioether (sulfide) groups is 1. The average molecular weight is 329 g/mol. The van der Waals surface area contributed by atoms with Crippen LogP contribution in [-0.2, 0) is 0 Å². The quantitative estimate of drug-likeness (QED) is 0.895. The van der Waals surface area contributed by atoms with Gasteiger partial charge in [-0.05, 0) is 47.5 Å². The van der Waals surface area contributed by atoms with Gasteiger partial charge in [-0.15, -0.1) is 0 Å². The third-order valence-electron chi connectivity index (χ3n) is 3.69. The lowest BCUT2D eigenvalue weighted by Gasteiger charge is -2.39. The van der Waals surface area contributed by atoms with Gasteiger partial charge in [0.1, 0.15) is 0 Å². The largest absolute Gasteiger partial charge is 0.366 e. The van der Waals surface area contributed by atoms with Crippen molar-refractivity contribution in [2.24, 2.45) is 5.73 Å². The first-order chi connectivity index (χ1) is 8.50. The topological polar surface area (TPSA) is 29.3 Å². The van der Waals surface area contributed by atoms with Gasteiger partial charge in [0.2, 0.25) is 0 Å². The molecular weight excluding hydrogens is 308 g/mol. The lowest BCUT2D eigenvalue weighted by Crippen LogP contribution is -2.44. The van der Waals surface area contributed by atoms with Crippen LogP contribution in [0.25, 0.3) is 0 Å². The van der Waals surface area contributed by atoms with E-state index in [1.165, 1.54) is 17.0 Å². The summed E-state index contributed by atoms with van der Waals surface area (Å²) in [6.45, 7) is 7.75. The van der Waals surface area contributed by atoms with Crippen molar-refractivity contribution in [1.82, 2.24) is 0 Å². The van der Waals surface area contributed by atoms with Crippen LogP contribution in [0.4, 0.5) is 5.69 Å². The molecule has 0 bridgehead atoms. The minimum Gasteiger partial charge on any atom is -0.366 e. The van der Waals surface area contributed by atoms with E-state index in [4.69, 9.17) is 5.73 Å². The number of nitrogens with two attached hydrogens (primary N) is 1. The zero-order valence-corrected chi connectivity index (χ0v) is 13.6. The number of nitrogens with zero attached hydrogens (tertiary/aromatic N) is 1. The number of hydrogen-bond acceptors (Lipinski definition) is 3. The standard InChI is InChI=1S/C14H21BrN2S/c1-9(16)12-4-5-14(13(15)8-12)17-6-7-18-11(3)10(17)2/h4-5,8-11H,6-7,16H2,1-3H3/t9-,10?,11?/m0/s1. The molecule has 4 heteroatoms. The molecule has 0 spiro atoms. The van der Waals surface area contributed by atoms with E-state index in [1.807, 2.05) is 6.92 Å². The molecule has 100 valence electrons. The Balaban J connectivity index is 2.27. The summed E-state index contributed by atoms with van der Waals surface area (Å²) in [5.41, 5.74) is 8.39. The smallest absolute Gasteiger partial charge is 0.0513 e. The van der Waals surface area contributed by atoms with Crippen molar-refractivity contribution in [1.29, 1.82) is 0 Å². The SMILES string of the molecule is CC1SCCN(c2ccc([C@H](C)N)cc2Br)C1C. The van der Waals surface area contributed by atoms with Gasteiger partial charge < -0.3 is 10.6 Å². The Kier molecular flexibility index (Phi) is 4.62. The molecule has 0 saturated carbocycles. The Labute approximate surface area is 122 Å². The summed E-state index contributed by atoms with van der Waals surface area (Å²) in [4.78, 5) is 2.50. The maximum Gasteiger partial charge on any atom is 0.0513 e. The first-order valence-electron chi connectivity index (χ1n) is 6.44. The van der Waals surface area contributed by atoms with Crippen LogP contribution in [0.3, 0.4) is 0 Å². The molecule has 2 rings (SSSR count). The fraction of sp³-hybridized carbons (Fsp3) is 0.571. The second-order valence-corrected chi connectivity index (χ2v) is 7.35. The zero-order valence-electron chi connectivity index (χ0n) is 11.2. The Bertz CT molecular complexity index is 422.